The Morgan fingerprint density at radius 2 is 2.31 bits per heavy atom. The van der Waals surface area contributed by atoms with E-state index in [0.717, 1.165) is 0 Å². The summed E-state index contributed by atoms with van der Waals surface area (Å²) in [6.45, 7) is 1.64. The maximum Gasteiger partial charge on any atom is 0.234 e. The normalized spacial score (nSPS) is 9.77. The Kier molecular flexibility index (Phi) is 3.31. The average molecular weight is 199 g/mol. The van der Waals surface area contributed by atoms with Crippen LogP contribution in [0.3, 0.4) is 0 Å². The van der Waals surface area contributed by atoms with Crippen LogP contribution in [-0.2, 0) is 4.79 Å². The molecule has 0 aromatic heterocycles. The Hall–Kier alpha value is -1.03. The van der Waals surface area contributed by atoms with E-state index >= 15 is 0 Å². The summed E-state index contributed by atoms with van der Waals surface area (Å²) < 4.78 is 12.8. The lowest BCUT2D eigenvalue weighted by Gasteiger charge is -2.04. The maximum atomic E-state index is 12.8. The lowest BCUT2D eigenvalue weighted by molar-refractivity contribution is -0.113. The molecule has 0 spiro atoms. The Bertz CT molecular complexity index is 327. The van der Waals surface area contributed by atoms with Crippen LogP contribution in [0, 0.1) is 12.7 Å². The second-order valence-corrected chi connectivity index (χ2v) is 2.99. The zero-order valence-electron chi connectivity index (χ0n) is 7.17. The smallest absolute Gasteiger partial charge is 0.234 e. The van der Waals surface area contributed by atoms with Gasteiger partial charge in [0.05, 0.1) is 5.75 Å². The Labute approximate surface area is 81.6 Å². The van der Waals surface area contributed by atoms with Crippen LogP contribution >= 0.6 is 12.6 Å². The second-order valence-electron chi connectivity index (χ2n) is 2.67. The van der Waals surface area contributed by atoms with Gasteiger partial charge in [0, 0.05) is 5.69 Å². The van der Waals surface area contributed by atoms with E-state index < -0.39 is 0 Å². The molecule has 0 radical (unpaired) electrons. The lowest BCUT2D eigenvalue weighted by atomic mass is 10.2. The molecule has 1 N–H and O–H groups in total. The number of benzene rings is 1. The molecule has 0 aliphatic carbocycles. The maximum absolute atomic E-state index is 12.8. The van der Waals surface area contributed by atoms with Gasteiger partial charge in [-0.1, -0.05) is 0 Å². The van der Waals surface area contributed by atoms with Crippen LogP contribution in [0.5, 0.6) is 0 Å². The number of carbonyl (C=O) groups excluding carboxylic acids is 1. The van der Waals surface area contributed by atoms with Crippen molar-refractivity contribution < 1.29 is 9.18 Å². The number of hydrogen-bond acceptors (Lipinski definition) is 2. The highest BCUT2D eigenvalue weighted by Crippen LogP contribution is 2.13. The quantitative estimate of drug-likeness (QED) is 0.701. The minimum Gasteiger partial charge on any atom is -0.325 e. The highest BCUT2D eigenvalue weighted by Gasteiger charge is 2.01. The predicted octanol–water partition coefficient (Wildman–Crippen LogP) is 2.00. The van der Waals surface area contributed by atoms with Gasteiger partial charge in [0.2, 0.25) is 5.91 Å². The van der Waals surface area contributed by atoms with Crippen LogP contribution < -0.4 is 5.32 Å². The number of rotatable bonds is 2. The van der Waals surface area contributed by atoms with Gasteiger partial charge in [-0.15, -0.1) is 0 Å². The number of hydrogen-bond donors (Lipinski definition) is 2. The molecule has 13 heavy (non-hydrogen) atoms. The first kappa shape index (κ1) is 10.1. The Balaban J connectivity index is 2.79. The number of carbonyl (C=O) groups is 1. The van der Waals surface area contributed by atoms with E-state index in [1.165, 1.54) is 12.1 Å². The standard InChI is InChI=1S/C9H10FNOS/c1-6-4-7(2-3-8(6)10)11-9(12)5-13/h2-4,13H,5H2,1H3,(H,11,12). The number of nitrogens with one attached hydrogen (secondary N) is 1. The average Bonchev–Trinajstić information content (AvgIpc) is 2.11. The first-order valence-electron chi connectivity index (χ1n) is 3.80. The third kappa shape index (κ3) is 2.73. The molecule has 4 heteroatoms. The van der Waals surface area contributed by atoms with E-state index in [9.17, 15) is 9.18 Å². The molecule has 1 aromatic rings. The van der Waals surface area contributed by atoms with Gasteiger partial charge in [0.15, 0.2) is 0 Å². The van der Waals surface area contributed by atoms with Crippen LogP contribution in [0.15, 0.2) is 18.2 Å². The van der Waals surface area contributed by atoms with E-state index in [4.69, 9.17) is 0 Å². The molecule has 0 saturated carbocycles. The highest BCUT2D eigenvalue weighted by molar-refractivity contribution is 7.81. The van der Waals surface area contributed by atoms with Crippen molar-refractivity contribution in [1.29, 1.82) is 0 Å². The summed E-state index contributed by atoms with van der Waals surface area (Å²) in [6.07, 6.45) is 0. The fourth-order valence-electron chi connectivity index (χ4n) is 0.923. The molecule has 1 aromatic carbocycles. The van der Waals surface area contributed by atoms with Crippen molar-refractivity contribution in [2.24, 2.45) is 0 Å². The molecule has 0 fully saturated rings. The fourth-order valence-corrected chi connectivity index (χ4v) is 1.00. The number of anilines is 1. The van der Waals surface area contributed by atoms with Gasteiger partial charge in [-0.05, 0) is 30.7 Å². The molecule has 0 bridgehead atoms. The highest BCUT2D eigenvalue weighted by atomic mass is 32.1. The van der Waals surface area contributed by atoms with Crippen molar-refractivity contribution in [2.75, 3.05) is 11.1 Å². The van der Waals surface area contributed by atoms with Crippen molar-refractivity contribution in [3.05, 3.63) is 29.6 Å². The van der Waals surface area contributed by atoms with Crippen LogP contribution in [0.1, 0.15) is 5.56 Å². The van der Waals surface area contributed by atoms with Gasteiger partial charge in [0.25, 0.3) is 0 Å². The van der Waals surface area contributed by atoms with Crippen LogP contribution in [-0.4, -0.2) is 11.7 Å². The van der Waals surface area contributed by atoms with Crippen molar-refractivity contribution in [2.45, 2.75) is 6.92 Å². The molecule has 1 amide bonds. The molecular weight excluding hydrogens is 189 g/mol. The van der Waals surface area contributed by atoms with Crippen LogP contribution in [0.2, 0.25) is 0 Å². The first-order valence-corrected chi connectivity index (χ1v) is 4.43. The second kappa shape index (κ2) is 4.28. The molecule has 0 saturated heterocycles. The predicted molar refractivity (Wildman–Crippen MR) is 53.6 cm³/mol. The molecule has 0 aliphatic rings. The molecule has 2 nitrogen and oxygen atoms in total. The zero-order valence-corrected chi connectivity index (χ0v) is 8.07. The van der Waals surface area contributed by atoms with Crippen molar-refractivity contribution >= 4 is 24.2 Å². The summed E-state index contributed by atoms with van der Waals surface area (Å²) in [4.78, 5) is 10.9. The monoisotopic (exact) mass is 199 g/mol. The van der Waals surface area contributed by atoms with E-state index in [1.54, 1.807) is 13.0 Å². The molecule has 0 aliphatic heterocycles. The van der Waals surface area contributed by atoms with Gasteiger partial charge in [-0.2, -0.15) is 12.6 Å². The summed E-state index contributed by atoms with van der Waals surface area (Å²) in [7, 11) is 0. The lowest BCUT2D eigenvalue weighted by Crippen LogP contribution is -2.12. The summed E-state index contributed by atoms with van der Waals surface area (Å²) >= 11 is 3.81. The number of aryl methyl sites for hydroxylation is 1. The minimum atomic E-state index is -0.274. The van der Waals surface area contributed by atoms with Gasteiger partial charge < -0.3 is 5.32 Å². The third-order valence-electron chi connectivity index (χ3n) is 1.59. The van der Waals surface area contributed by atoms with E-state index in [1.807, 2.05) is 0 Å². The summed E-state index contributed by atoms with van der Waals surface area (Å²) in [5.41, 5.74) is 1.11. The molecule has 1 rings (SSSR count). The topological polar surface area (TPSA) is 29.1 Å². The number of amides is 1. The van der Waals surface area contributed by atoms with Gasteiger partial charge in [-0.25, -0.2) is 4.39 Å². The Morgan fingerprint density at radius 3 is 2.85 bits per heavy atom. The van der Waals surface area contributed by atoms with Crippen LogP contribution in [0.25, 0.3) is 0 Å². The summed E-state index contributed by atoms with van der Waals surface area (Å²) in [5, 5.41) is 2.58. The summed E-state index contributed by atoms with van der Waals surface area (Å²) in [5.74, 6) is -0.352. The molecule has 0 atom stereocenters. The number of halogens is 1. The van der Waals surface area contributed by atoms with Crippen molar-refractivity contribution in [3.8, 4) is 0 Å². The first-order chi connectivity index (χ1) is 6.13. The van der Waals surface area contributed by atoms with Gasteiger partial charge >= 0.3 is 0 Å². The third-order valence-corrected chi connectivity index (χ3v) is 1.87. The summed E-state index contributed by atoms with van der Waals surface area (Å²) in [6, 6.07) is 4.42. The molecule has 0 heterocycles. The fraction of sp³-hybridized carbons (Fsp3) is 0.222. The molecule has 0 unspecified atom stereocenters. The SMILES string of the molecule is Cc1cc(NC(=O)CS)ccc1F. The van der Waals surface area contributed by atoms with Crippen LogP contribution in [0.4, 0.5) is 10.1 Å². The van der Waals surface area contributed by atoms with E-state index in [2.05, 4.69) is 17.9 Å². The van der Waals surface area contributed by atoms with Crippen molar-refractivity contribution in [3.63, 3.8) is 0 Å². The molecule has 70 valence electrons. The van der Waals surface area contributed by atoms with Gasteiger partial charge in [0.1, 0.15) is 5.82 Å². The van der Waals surface area contributed by atoms with Crippen molar-refractivity contribution in [1.82, 2.24) is 0 Å². The largest absolute Gasteiger partial charge is 0.325 e. The number of thiol groups is 1. The minimum absolute atomic E-state index is 0.121. The Morgan fingerprint density at radius 1 is 1.62 bits per heavy atom. The van der Waals surface area contributed by atoms with Gasteiger partial charge in [-0.3, -0.25) is 4.79 Å². The van der Waals surface area contributed by atoms with E-state index in [-0.39, 0.29) is 17.5 Å². The van der Waals surface area contributed by atoms with E-state index in [0.29, 0.717) is 11.3 Å². The zero-order chi connectivity index (χ0) is 9.84. The molecular formula is C9H10FNOS.